The third kappa shape index (κ3) is 3.82. The van der Waals surface area contributed by atoms with Gasteiger partial charge in [-0.05, 0) is 40.6 Å². The van der Waals surface area contributed by atoms with Crippen molar-refractivity contribution in [1.82, 2.24) is 11.0 Å². The molecular formula is C19H16N2O4. The van der Waals surface area contributed by atoms with Gasteiger partial charge in [-0.1, -0.05) is 42.5 Å². The molecule has 126 valence electrons. The maximum absolute atomic E-state index is 12.1. The van der Waals surface area contributed by atoms with Crippen molar-refractivity contribution in [3.8, 4) is 0 Å². The first-order chi connectivity index (χ1) is 12.2. The number of carbonyl (C=O) groups excluding carboxylic acids is 2. The number of rotatable bonds is 5. The summed E-state index contributed by atoms with van der Waals surface area (Å²) in [4.78, 5) is 28.6. The van der Waals surface area contributed by atoms with Gasteiger partial charge in [-0.3, -0.25) is 19.6 Å². The SMILES string of the molecule is O=C(NO)c1ccc(C(=O)NOCc2cccc3ccccc23)cc1. The Kier molecular flexibility index (Phi) is 5.03. The minimum Gasteiger partial charge on any atom is -0.288 e. The molecule has 3 aromatic carbocycles. The molecule has 6 heteroatoms. The molecule has 0 saturated heterocycles. The number of fused-ring (bicyclic) bond motifs is 1. The average Bonchev–Trinajstić information content (AvgIpc) is 2.67. The number of hydrogen-bond donors (Lipinski definition) is 3. The van der Waals surface area contributed by atoms with Crippen molar-refractivity contribution in [3.63, 3.8) is 0 Å². The molecule has 3 rings (SSSR count). The molecule has 0 fully saturated rings. The van der Waals surface area contributed by atoms with Crippen LogP contribution in [0.1, 0.15) is 26.3 Å². The van der Waals surface area contributed by atoms with E-state index in [2.05, 4.69) is 5.48 Å². The van der Waals surface area contributed by atoms with E-state index in [-0.39, 0.29) is 12.2 Å². The van der Waals surface area contributed by atoms with Crippen LogP contribution in [-0.2, 0) is 11.4 Å². The van der Waals surface area contributed by atoms with Crippen molar-refractivity contribution in [1.29, 1.82) is 0 Å². The van der Waals surface area contributed by atoms with Gasteiger partial charge in [-0.15, -0.1) is 0 Å². The van der Waals surface area contributed by atoms with Crippen LogP contribution in [0.4, 0.5) is 0 Å². The van der Waals surface area contributed by atoms with E-state index in [1.807, 2.05) is 42.5 Å². The summed E-state index contributed by atoms with van der Waals surface area (Å²) in [6, 6.07) is 19.6. The fraction of sp³-hybridized carbons (Fsp3) is 0.0526. The second-order valence-electron chi connectivity index (χ2n) is 5.38. The van der Waals surface area contributed by atoms with E-state index >= 15 is 0 Å². The largest absolute Gasteiger partial charge is 0.288 e. The fourth-order valence-electron chi connectivity index (χ4n) is 2.49. The molecule has 3 N–H and O–H groups in total. The molecule has 0 spiro atoms. The second kappa shape index (κ2) is 7.57. The lowest BCUT2D eigenvalue weighted by Gasteiger charge is -2.09. The van der Waals surface area contributed by atoms with Crippen LogP contribution in [0.3, 0.4) is 0 Å². The Bertz CT molecular complexity index is 901. The zero-order valence-electron chi connectivity index (χ0n) is 13.2. The van der Waals surface area contributed by atoms with Crippen LogP contribution >= 0.6 is 0 Å². The fourth-order valence-corrected chi connectivity index (χ4v) is 2.49. The molecule has 0 unspecified atom stereocenters. The zero-order valence-corrected chi connectivity index (χ0v) is 13.2. The Morgan fingerprint density at radius 2 is 1.48 bits per heavy atom. The lowest BCUT2D eigenvalue weighted by Crippen LogP contribution is -2.24. The molecule has 0 bridgehead atoms. The van der Waals surface area contributed by atoms with Gasteiger partial charge in [-0.2, -0.15) is 0 Å². The third-order valence-electron chi connectivity index (χ3n) is 3.78. The van der Waals surface area contributed by atoms with Gasteiger partial charge in [0.2, 0.25) is 0 Å². The minimum atomic E-state index is -0.640. The van der Waals surface area contributed by atoms with Crippen LogP contribution in [0.5, 0.6) is 0 Å². The Hall–Kier alpha value is -3.22. The van der Waals surface area contributed by atoms with Crippen LogP contribution < -0.4 is 11.0 Å². The monoisotopic (exact) mass is 336 g/mol. The Morgan fingerprint density at radius 1 is 0.840 bits per heavy atom. The third-order valence-corrected chi connectivity index (χ3v) is 3.78. The normalized spacial score (nSPS) is 10.4. The molecular weight excluding hydrogens is 320 g/mol. The van der Waals surface area contributed by atoms with E-state index in [9.17, 15) is 9.59 Å². The van der Waals surface area contributed by atoms with Crippen molar-refractivity contribution in [2.24, 2.45) is 0 Å². The van der Waals surface area contributed by atoms with Gasteiger partial charge in [0, 0.05) is 11.1 Å². The summed E-state index contributed by atoms with van der Waals surface area (Å²) in [5, 5.41) is 10.7. The first-order valence-electron chi connectivity index (χ1n) is 7.62. The highest BCUT2D eigenvalue weighted by Gasteiger charge is 2.09. The van der Waals surface area contributed by atoms with Crippen molar-refractivity contribution in [2.45, 2.75) is 6.61 Å². The summed E-state index contributed by atoms with van der Waals surface area (Å²) in [6.45, 7) is 0.234. The maximum Gasteiger partial charge on any atom is 0.274 e. The van der Waals surface area contributed by atoms with Gasteiger partial charge in [0.05, 0.1) is 0 Å². The molecule has 2 amide bonds. The molecule has 0 aliphatic rings. The van der Waals surface area contributed by atoms with Crippen LogP contribution in [-0.4, -0.2) is 17.0 Å². The van der Waals surface area contributed by atoms with E-state index < -0.39 is 11.8 Å². The lowest BCUT2D eigenvalue weighted by atomic mass is 10.1. The molecule has 0 radical (unpaired) electrons. The summed E-state index contributed by atoms with van der Waals surface area (Å²) in [5.41, 5.74) is 5.47. The van der Waals surface area contributed by atoms with Gasteiger partial charge < -0.3 is 0 Å². The molecule has 25 heavy (non-hydrogen) atoms. The molecule has 0 atom stereocenters. The van der Waals surface area contributed by atoms with Crippen molar-refractivity contribution in [3.05, 3.63) is 83.4 Å². The number of carbonyl (C=O) groups is 2. The standard InChI is InChI=1S/C19H16N2O4/c22-18(20-24)14-8-10-15(11-9-14)19(23)21-25-12-16-6-3-5-13-4-1-2-7-17(13)16/h1-11,24H,12H2,(H,20,22)(H,21,23). The van der Waals surface area contributed by atoms with Crippen molar-refractivity contribution in [2.75, 3.05) is 0 Å². The van der Waals surface area contributed by atoms with Gasteiger partial charge in [0.15, 0.2) is 0 Å². The Morgan fingerprint density at radius 3 is 2.20 bits per heavy atom. The number of benzene rings is 3. The Balaban J connectivity index is 1.61. The summed E-state index contributed by atoms with van der Waals surface area (Å²) >= 11 is 0. The van der Waals surface area contributed by atoms with E-state index in [0.717, 1.165) is 16.3 Å². The van der Waals surface area contributed by atoms with E-state index in [1.165, 1.54) is 29.7 Å². The minimum absolute atomic E-state index is 0.234. The summed E-state index contributed by atoms with van der Waals surface area (Å²) < 4.78 is 0. The summed E-state index contributed by atoms with van der Waals surface area (Å²) in [7, 11) is 0. The Labute approximate surface area is 144 Å². The smallest absolute Gasteiger partial charge is 0.274 e. The predicted octanol–water partition coefficient (Wildman–Crippen LogP) is 2.82. The number of amides is 2. The lowest BCUT2D eigenvalue weighted by molar-refractivity contribution is 0.0237. The second-order valence-corrected chi connectivity index (χ2v) is 5.38. The number of nitrogens with one attached hydrogen (secondary N) is 2. The first kappa shape index (κ1) is 16.6. The molecule has 0 aliphatic carbocycles. The molecule has 0 aromatic heterocycles. The first-order valence-corrected chi connectivity index (χ1v) is 7.62. The van der Waals surface area contributed by atoms with E-state index in [4.69, 9.17) is 10.0 Å². The average molecular weight is 336 g/mol. The molecule has 0 saturated carbocycles. The molecule has 6 nitrogen and oxygen atoms in total. The van der Waals surface area contributed by atoms with Gasteiger partial charge >= 0.3 is 0 Å². The van der Waals surface area contributed by atoms with Crippen LogP contribution in [0.15, 0.2) is 66.7 Å². The van der Waals surface area contributed by atoms with Crippen molar-refractivity contribution < 1.29 is 19.6 Å². The quantitative estimate of drug-likeness (QED) is 0.494. The molecule has 3 aromatic rings. The highest BCUT2D eigenvalue weighted by molar-refractivity contribution is 5.97. The topological polar surface area (TPSA) is 87.7 Å². The summed E-state index contributed by atoms with van der Waals surface area (Å²) in [6.07, 6.45) is 0. The van der Waals surface area contributed by atoms with Gasteiger partial charge in [0.1, 0.15) is 6.61 Å². The zero-order chi connectivity index (χ0) is 17.6. The molecule has 0 heterocycles. The maximum atomic E-state index is 12.1. The van der Waals surface area contributed by atoms with Gasteiger partial charge in [-0.25, -0.2) is 11.0 Å². The summed E-state index contributed by atoms with van der Waals surface area (Å²) in [5.74, 6) is -1.06. The highest BCUT2D eigenvalue weighted by Crippen LogP contribution is 2.18. The number of hydrogen-bond acceptors (Lipinski definition) is 4. The van der Waals surface area contributed by atoms with Crippen LogP contribution in [0.2, 0.25) is 0 Å². The molecule has 0 aliphatic heterocycles. The predicted molar refractivity (Wildman–Crippen MR) is 91.9 cm³/mol. The van der Waals surface area contributed by atoms with Gasteiger partial charge in [0.25, 0.3) is 11.8 Å². The van der Waals surface area contributed by atoms with E-state index in [1.54, 1.807) is 0 Å². The van der Waals surface area contributed by atoms with Crippen LogP contribution in [0, 0.1) is 0 Å². The van der Waals surface area contributed by atoms with Crippen molar-refractivity contribution >= 4 is 22.6 Å². The van der Waals surface area contributed by atoms with Crippen LogP contribution in [0.25, 0.3) is 10.8 Å². The highest BCUT2D eigenvalue weighted by atomic mass is 16.6. The van der Waals surface area contributed by atoms with E-state index in [0.29, 0.717) is 5.56 Å². The number of hydroxylamine groups is 2.